The molecule has 2 aliphatic rings. The topological polar surface area (TPSA) is 86.5 Å². The second-order valence-electron chi connectivity index (χ2n) is 9.49. The summed E-state index contributed by atoms with van der Waals surface area (Å²) in [7, 11) is 3.53. The number of fused-ring (bicyclic) bond motifs is 1. The van der Waals surface area contributed by atoms with E-state index in [0.717, 1.165) is 53.9 Å². The van der Waals surface area contributed by atoms with Crippen LogP contribution >= 0.6 is 12.4 Å². The van der Waals surface area contributed by atoms with Gasteiger partial charge in [0, 0.05) is 29.5 Å². The van der Waals surface area contributed by atoms with E-state index in [-0.39, 0.29) is 30.8 Å². The van der Waals surface area contributed by atoms with Gasteiger partial charge in [0.25, 0.3) is 11.8 Å². The standard InChI is InChI=1S/C28H34N4O3.ClH/c1-6-11-30-27(33)23-14-25-21(15-26(23)35-5)22(13-24-17(2)12-18(3)31-24)28(34)32(25)16-19-7-9-20(29-4)10-8-19;/h1,12-15,19-20,29,31H,7-11,16H2,2-5H3,(H,30,33);1H/b22-13-;. The molecular formula is C28H35ClN4O3. The van der Waals surface area contributed by atoms with E-state index >= 15 is 0 Å². The first kappa shape index (κ1) is 27.4. The van der Waals surface area contributed by atoms with Crippen LogP contribution in [0.5, 0.6) is 5.75 Å². The van der Waals surface area contributed by atoms with Crippen LogP contribution in [0.1, 0.15) is 58.6 Å². The zero-order chi connectivity index (χ0) is 25.1. The molecule has 0 atom stereocenters. The van der Waals surface area contributed by atoms with Gasteiger partial charge in [-0.1, -0.05) is 5.92 Å². The molecule has 1 saturated carbocycles. The number of H-pyrrole nitrogens is 1. The zero-order valence-corrected chi connectivity index (χ0v) is 22.2. The monoisotopic (exact) mass is 510 g/mol. The molecule has 1 fully saturated rings. The molecule has 1 aliphatic heterocycles. The fraction of sp³-hybridized carbons (Fsp3) is 0.429. The van der Waals surface area contributed by atoms with Gasteiger partial charge in [-0.2, -0.15) is 0 Å². The molecule has 0 spiro atoms. The number of halogens is 1. The SMILES string of the molecule is C#CCNC(=O)c1cc2c(cc1OC)/C(=C/c1[nH]c(C)cc1C)C(=O)N2CC1CCC(NC)CC1.Cl. The van der Waals surface area contributed by atoms with Crippen molar-refractivity contribution in [3.63, 3.8) is 0 Å². The van der Waals surface area contributed by atoms with E-state index in [9.17, 15) is 9.59 Å². The van der Waals surface area contributed by atoms with Gasteiger partial charge in [-0.15, -0.1) is 18.8 Å². The number of methoxy groups -OCH3 is 1. The molecule has 8 heteroatoms. The third-order valence-corrected chi connectivity index (χ3v) is 7.14. The van der Waals surface area contributed by atoms with Crippen LogP contribution in [0, 0.1) is 32.1 Å². The molecule has 0 bridgehead atoms. The van der Waals surface area contributed by atoms with Gasteiger partial charge in [0.2, 0.25) is 0 Å². The van der Waals surface area contributed by atoms with Crippen LogP contribution in [0.15, 0.2) is 18.2 Å². The molecule has 3 N–H and O–H groups in total. The lowest BCUT2D eigenvalue weighted by molar-refractivity contribution is -0.113. The molecule has 0 saturated heterocycles. The number of nitrogens with one attached hydrogen (secondary N) is 3. The Morgan fingerprint density at radius 2 is 1.97 bits per heavy atom. The second kappa shape index (κ2) is 11.7. The number of ether oxygens (including phenoxy) is 1. The van der Waals surface area contributed by atoms with E-state index < -0.39 is 0 Å². The van der Waals surface area contributed by atoms with Crippen molar-refractivity contribution in [3.05, 3.63) is 46.3 Å². The molecule has 2 heterocycles. The maximum atomic E-state index is 13.8. The van der Waals surface area contributed by atoms with E-state index in [4.69, 9.17) is 11.2 Å². The van der Waals surface area contributed by atoms with Crippen LogP contribution in [-0.2, 0) is 4.79 Å². The normalized spacial score (nSPS) is 20.0. The van der Waals surface area contributed by atoms with Gasteiger partial charge in [-0.3, -0.25) is 9.59 Å². The van der Waals surface area contributed by atoms with E-state index in [1.54, 1.807) is 12.1 Å². The highest BCUT2D eigenvalue weighted by atomic mass is 35.5. The molecule has 7 nitrogen and oxygen atoms in total. The van der Waals surface area contributed by atoms with Crippen molar-refractivity contribution in [3.8, 4) is 18.1 Å². The number of terminal acetylenes is 1. The van der Waals surface area contributed by atoms with Gasteiger partial charge in [-0.05, 0) is 82.3 Å². The molecule has 192 valence electrons. The highest BCUT2D eigenvalue weighted by Gasteiger charge is 2.36. The third kappa shape index (κ3) is 5.45. The van der Waals surface area contributed by atoms with Crippen LogP contribution < -0.4 is 20.3 Å². The first-order chi connectivity index (χ1) is 16.9. The highest BCUT2D eigenvalue weighted by Crippen LogP contribution is 2.43. The van der Waals surface area contributed by atoms with Crippen LogP contribution in [0.25, 0.3) is 11.6 Å². The van der Waals surface area contributed by atoms with Gasteiger partial charge >= 0.3 is 0 Å². The number of nitrogens with zero attached hydrogens (tertiary/aromatic N) is 1. The maximum absolute atomic E-state index is 13.8. The number of rotatable bonds is 7. The average molecular weight is 511 g/mol. The number of carbonyl (C=O) groups excluding carboxylic acids is 2. The Morgan fingerprint density at radius 1 is 1.25 bits per heavy atom. The van der Waals surface area contributed by atoms with Crippen molar-refractivity contribution in [2.24, 2.45) is 5.92 Å². The van der Waals surface area contributed by atoms with E-state index in [0.29, 0.717) is 35.4 Å². The molecule has 36 heavy (non-hydrogen) atoms. The summed E-state index contributed by atoms with van der Waals surface area (Å²) in [6.07, 6.45) is 11.6. The van der Waals surface area contributed by atoms with Gasteiger partial charge in [0.15, 0.2) is 0 Å². The van der Waals surface area contributed by atoms with E-state index in [1.165, 1.54) is 7.11 Å². The Labute approximate surface area is 219 Å². The fourth-order valence-corrected chi connectivity index (χ4v) is 5.21. The number of benzene rings is 1. The lowest BCUT2D eigenvalue weighted by atomic mass is 9.85. The Kier molecular flexibility index (Phi) is 8.89. The second-order valence-corrected chi connectivity index (χ2v) is 9.49. The van der Waals surface area contributed by atoms with Crippen LogP contribution in [0.3, 0.4) is 0 Å². The largest absolute Gasteiger partial charge is 0.496 e. The Balaban J connectivity index is 0.00000361. The summed E-state index contributed by atoms with van der Waals surface area (Å²) in [5.74, 6) is 2.87. The summed E-state index contributed by atoms with van der Waals surface area (Å²) in [5.41, 5.74) is 5.50. The summed E-state index contributed by atoms with van der Waals surface area (Å²) in [6, 6.07) is 6.17. The molecule has 0 radical (unpaired) electrons. The minimum absolute atomic E-state index is 0. The number of amides is 2. The molecule has 2 aromatic rings. The summed E-state index contributed by atoms with van der Waals surface area (Å²) in [5, 5.41) is 6.08. The fourth-order valence-electron chi connectivity index (χ4n) is 5.21. The molecule has 4 rings (SSSR count). The van der Waals surface area contributed by atoms with Crippen molar-refractivity contribution in [1.29, 1.82) is 0 Å². The van der Waals surface area contributed by atoms with Crippen molar-refractivity contribution in [2.75, 3.05) is 32.1 Å². The maximum Gasteiger partial charge on any atom is 0.259 e. The van der Waals surface area contributed by atoms with Gasteiger partial charge in [0.05, 0.1) is 30.5 Å². The van der Waals surface area contributed by atoms with Crippen LogP contribution in [0.4, 0.5) is 5.69 Å². The predicted molar refractivity (Wildman–Crippen MR) is 147 cm³/mol. The molecular weight excluding hydrogens is 476 g/mol. The lowest BCUT2D eigenvalue weighted by Gasteiger charge is -2.31. The Hall–Kier alpha value is -3.21. The minimum Gasteiger partial charge on any atom is -0.496 e. The minimum atomic E-state index is -0.321. The van der Waals surface area contributed by atoms with Crippen LogP contribution in [0.2, 0.25) is 0 Å². The van der Waals surface area contributed by atoms with Crippen molar-refractivity contribution in [1.82, 2.24) is 15.6 Å². The Bertz CT molecular complexity index is 1200. The van der Waals surface area contributed by atoms with Crippen molar-refractivity contribution in [2.45, 2.75) is 45.6 Å². The van der Waals surface area contributed by atoms with Crippen molar-refractivity contribution < 1.29 is 14.3 Å². The van der Waals surface area contributed by atoms with Gasteiger partial charge in [0.1, 0.15) is 5.75 Å². The zero-order valence-electron chi connectivity index (χ0n) is 21.4. The summed E-state index contributed by atoms with van der Waals surface area (Å²) in [6.45, 7) is 4.76. The van der Waals surface area contributed by atoms with E-state index in [1.807, 2.05) is 31.9 Å². The number of hydrogen-bond acceptors (Lipinski definition) is 4. The number of carbonyl (C=O) groups is 2. The molecule has 1 aromatic carbocycles. The quantitative estimate of drug-likeness (QED) is 0.387. The first-order valence-corrected chi connectivity index (χ1v) is 12.2. The predicted octanol–water partition coefficient (Wildman–Crippen LogP) is 4.09. The molecule has 0 unspecified atom stereocenters. The highest BCUT2D eigenvalue weighted by molar-refractivity contribution is 6.36. The number of aromatic amines is 1. The third-order valence-electron chi connectivity index (χ3n) is 7.14. The van der Waals surface area contributed by atoms with Crippen molar-refractivity contribution >= 4 is 41.6 Å². The molecule has 1 aliphatic carbocycles. The molecule has 2 amide bonds. The number of aryl methyl sites for hydroxylation is 2. The number of aromatic nitrogens is 1. The number of hydrogen-bond donors (Lipinski definition) is 3. The number of anilines is 1. The Morgan fingerprint density at radius 3 is 2.56 bits per heavy atom. The van der Waals surface area contributed by atoms with Crippen LogP contribution in [-0.4, -0.2) is 50.1 Å². The first-order valence-electron chi connectivity index (χ1n) is 12.2. The van der Waals surface area contributed by atoms with E-state index in [2.05, 4.69) is 27.6 Å². The summed E-state index contributed by atoms with van der Waals surface area (Å²) < 4.78 is 5.56. The summed E-state index contributed by atoms with van der Waals surface area (Å²) >= 11 is 0. The average Bonchev–Trinajstić information content (AvgIpc) is 3.31. The van der Waals surface area contributed by atoms with Gasteiger partial charge in [-0.25, -0.2) is 0 Å². The molecule has 1 aromatic heterocycles. The smallest absolute Gasteiger partial charge is 0.259 e. The summed E-state index contributed by atoms with van der Waals surface area (Å²) in [4.78, 5) is 31.8. The van der Waals surface area contributed by atoms with Gasteiger partial charge < -0.3 is 25.3 Å². The lowest BCUT2D eigenvalue weighted by Crippen LogP contribution is -2.37.